The topological polar surface area (TPSA) is 144 Å². The summed E-state index contributed by atoms with van der Waals surface area (Å²) in [7, 11) is 4.45. The minimum atomic E-state index is -0.918. The Labute approximate surface area is 282 Å². The second-order valence-electron chi connectivity index (χ2n) is 13.1. The molecule has 2 bridgehead atoms. The molecular formula is C37H48N2O9. The van der Waals surface area contributed by atoms with Crippen LogP contribution in [0.2, 0.25) is 0 Å². The number of ketones is 1. The van der Waals surface area contributed by atoms with Crippen LogP contribution in [-0.2, 0) is 14.3 Å². The summed E-state index contributed by atoms with van der Waals surface area (Å²) >= 11 is 0. The highest BCUT2D eigenvalue weighted by molar-refractivity contribution is 5.98. The SMILES string of the molecule is COc1cc(C(CC(=O)NC2CN3CCC2CC3)c2c(O)cc3c(c2O)C(=O)O[C@@H](C)CCCC(=O)CCC/C=C/3)cc(OC)c1OC. The minimum Gasteiger partial charge on any atom is -0.507 e. The maximum atomic E-state index is 13.8. The van der Waals surface area contributed by atoms with Crippen molar-refractivity contribution >= 4 is 23.7 Å². The number of nitrogens with one attached hydrogen (secondary N) is 1. The van der Waals surface area contributed by atoms with Crippen molar-refractivity contribution in [2.75, 3.05) is 41.0 Å². The summed E-state index contributed by atoms with van der Waals surface area (Å²) in [6.07, 6.45) is 8.03. The first kappa shape index (κ1) is 35.1. The van der Waals surface area contributed by atoms with Crippen LogP contribution in [0.5, 0.6) is 28.7 Å². The molecule has 4 heterocycles. The lowest BCUT2D eigenvalue weighted by Gasteiger charge is -2.45. The Morgan fingerprint density at radius 2 is 1.69 bits per heavy atom. The Hall–Kier alpha value is -4.25. The molecule has 6 rings (SSSR count). The van der Waals surface area contributed by atoms with Crippen molar-refractivity contribution in [2.24, 2.45) is 5.92 Å². The lowest BCUT2D eigenvalue weighted by atomic mass is 9.82. The van der Waals surface area contributed by atoms with Gasteiger partial charge in [0.2, 0.25) is 11.7 Å². The predicted octanol–water partition coefficient (Wildman–Crippen LogP) is 5.34. The Morgan fingerprint density at radius 1 is 1.00 bits per heavy atom. The summed E-state index contributed by atoms with van der Waals surface area (Å²) in [5.74, 6) is -1.10. The van der Waals surface area contributed by atoms with Crippen molar-refractivity contribution in [1.82, 2.24) is 10.2 Å². The molecule has 4 aliphatic rings. The van der Waals surface area contributed by atoms with Gasteiger partial charge in [0.05, 0.1) is 27.4 Å². The van der Waals surface area contributed by atoms with E-state index in [4.69, 9.17) is 18.9 Å². The number of carbonyl (C=O) groups excluding carboxylic acids is 3. The number of ether oxygens (including phenoxy) is 4. The molecule has 260 valence electrons. The number of allylic oxidation sites excluding steroid dienone is 1. The second-order valence-corrected chi connectivity index (χ2v) is 13.1. The number of carbonyl (C=O) groups is 3. The zero-order chi connectivity index (χ0) is 34.4. The summed E-state index contributed by atoms with van der Waals surface area (Å²) in [5.41, 5.74) is 0.683. The average Bonchev–Trinajstić information content (AvgIpc) is 3.06. The Kier molecular flexibility index (Phi) is 11.5. The quantitative estimate of drug-likeness (QED) is 0.317. The van der Waals surface area contributed by atoms with Crippen LogP contribution >= 0.6 is 0 Å². The first-order chi connectivity index (χ1) is 23.1. The Bertz CT molecular complexity index is 1500. The van der Waals surface area contributed by atoms with Gasteiger partial charge in [-0.2, -0.15) is 0 Å². The number of piperidine rings is 3. The molecule has 11 nitrogen and oxygen atoms in total. The standard InChI is InChI=1S/C37H48N2O9/c1-22-9-8-12-26(40)11-7-5-6-10-24-17-29(41)34(35(43)33(24)37(44)48-22)27(25-18-30(45-2)36(47-4)31(19-25)46-3)20-32(42)38-28-21-39-15-13-23(28)14-16-39/h6,10,17-19,22-23,27-28,41,43H,5,7-9,11-16,20-21H2,1-4H3,(H,38,42)/b10-6+/t22-,27?,28?/m0/s1. The fraction of sp³-hybridized carbons (Fsp3) is 0.541. The predicted molar refractivity (Wildman–Crippen MR) is 180 cm³/mol. The van der Waals surface area contributed by atoms with Crippen molar-refractivity contribution < 1.29 is 43.5 Å². The molecule has 3 N–H and O–H groups in total. The van der Waals surface area contributed by atoms with Crippen molar-refractivity contribution in [3.05, 3.63) is 46.5 Å². The van der Waals surface area contributed by atoms with Crippen LogP contribution in [0.4, 0.5) is 0 Å². The van der Waals surface area contributed by atoms with E-state index in [9.17, 15) is 24.6 Å². The average molecular weight is 665 g/mol. The van der Waals surface area contributed by atoms with Crippen molar-refractivity contribution in [1.29, 1.82) is 0 Å². The van der Waals surface area contributed by atoms with Gasteiger partial charge in [0.25, 0.3) is 0 Å². The molecule has 1 amide bonds. The summed E-state index contributed by atoms with van der Waals surface area (Å²) < 4.78 is 22.5. The second kappa shape index (κ2) is 15.8. The van der Waals surface area contributed by atoms with Crippen LogP contribution in [0.1, 0.15) is 97.7 Å². The van der Waals surface area contributed by atoms with Crippen molar-refractivity contribution in [3.63, 3.8) is 0 Å². The van der Waals surface area contributed by atoms with E-state index in [1.165, 1.54) is 27.4 Å². The van der Waals surface area contributed by atoms with Gasteiger partial charge in [-0.1, -0.05) is 12.2 Å². The molecule has 2 unspecified atom stereocenters. The monoisotopic (exact) mass is 664 g/mol. The third-order valence-corrected chi connectivity index (χ3v) is 9.88. The minimum absolute atomic E-state index is 0.00413. The molecule has 2 aromatic carbocycles. The van der Waals surface area contributed by atoms with Crippen LogP contribution in [0.15, 0.2) is 24.3 Å². The number of cyclic esters (lactones) is 1. The van der Waals surface area contributed by atoms with Crippen molar-refractivity contribution in [3.8, 4) is 28.7 Å². The zero-order valence-corrected chi connectivity index (χ0v) is 28.4. The van der Waals surface area contributed by atoms with E-state index < -0.39 is 23.7 Å². The summed E-state index contributed by atoms with van der Waals surface area (Å²) in [6.45, 7) is 4.59. The number of benzene rings is 2. The van der Waals surface area contributed by atoms with E-state index in [1.807, 2.05) is 6.08 Å². The van der Waals surface area contributed by atoms with Crippen molar-refractivity contribution in [2.45, 2.75) is 82.8 Å². The summed E-state index contributed by atoms with van der Waals surface area (Å²) in [5, 5.41) is 26.8. The summed E-state index contributed by atoms with van der Waals surface area (Å²) in [4.78, 5) is 42.1. The molecule has 4 aliphatic heterocycles. The molecule has 48 heavy (non-hydrogen) atoms. The molecule has 2 aromatic rings. The van der Waals surface area contributed by atoms with E-state index in [1.54, 1.807) is 25.1 Å². The lowest BCUT2D eigenvalue weighted by molar-refractivity contribution is -0.123. The van der Waals surface area contributed by atoms with Crippen LogP contribution in [-0.4, -0.2) is 85.9 Å². The molecule has 3 atom stereocenters. The van der Waals surface area contributed by atoms with Gasteiger partial charge in [-0.25, -0.2) is 4.79 Å². The number of Topliss-reactive ketones (excluding diaryl/α,β-unsaturated/α-hetero) is 1. The summed E-state index contributed by atoms with van der Waals surface area (Å²) in [6, 6.07) is 4.78. The molecule has 0 radical (unpaired) electrons. The van der Waals surface area contributed by atoms with E-state index in [0.29, 0.717) is 67.3 Å². The maximum Gasteiger partial charge on any atom is 0.342 e. The first-order valence-electron chi connectivity index (χ1n) is 16.9. The number of phenolic OH excluding ortho intramolecular Hbond substituents is 2. The number of hydrogen-bond acceptors (Lipinski definition) is 10. The molecule has 0 saturated carbocycles. The van der Waals surface area contributed by atoms with Crippen LogP contribution in [0, 0.1) is 5.92 Å². The highest BCUT2D eigenvalue weighted by atomic mass is 16.5. The number of rotatable bonds is 8. The number of aromatic hydroxyl groups is 2. The fourth-order valence-electron chi connectivity index (χ4n) is 7.29. The number of phenols is 2. The van der Waals surface area contributed by atoms with Gasteiger partial charge in [0.15, 0.2) is 11.5 Å². The van der Waals surface area contributed by atoms with E-state index in [0.717, 1.165) is 32.5 Å². The number of methoxy groups -OCH3 is 3. The molecule has 0 spiro atoms. The van der Waals surface area contributed by atoms with E-state index in [-0.39, 0.29) is 46.6 Å². The largest absolute Gasteiger partial charge is 0.507 e. The molecule has 0 aliphatic carbocycles. The number of esters is 1. The van der Waals surface area contributed by atoms with Crippen LogP contribution in [0.25, 0.3) is 6.08 Å². The first-order valence-corrected chi connectivity index (χ1v) is 16.9. The highest BCUT2D eigenvalue weighted by Gasteiger charge is 2.37. The Balaban J connectivity index is 1.60. The lowest BCUT2D eigenvalue weighted by Crippen LogP contribution is -2.57. The third kappa shape index (κ3) is 7.89. The van der Waals surface area contributed by atoms with Gasteiger partial charge in [0.1, 0.15) is 22.8 Å². The smallest absolute Gasteiger partial charge is 0.342 e. The normalized spacial score (nSPS) is 24.4. The maximum absolute atomic E-state index is 13.8. The zero-order valence-electron chi connectivity index (χ0n) is 28.4. The van der Waals surface area contributed by atoms with E-state index >= 15 is 0 Å². The van der Waals surface area contributed by atoms with Gasteiger partial charge in [-0.3, -0.25) is 9.59 Å². The number of amides is 1. The van der Waals surface area contributed by atoms with Crippen LogP contribution in [0.3, 0.4) is 0 Å². The molecule has 3 saturated heterocycles. The van der Waals surface area contributed by atoms with Gasteiger partial charge in [0, 0.05) is 43.3 Å². The number of fused-ring (bicyclic) bond motifs is 4. The van der Waals surface area contributed by atoms with Gasteiger partial charge in [-0.15, -0.1) is 0 Å². The van der Waals surface area contributed by atoms with E-state index in [2.05, 4.69) is 10.2 Å². The Morgan fingerprint density at radius 3 is 2.31 bits per heavy atom. The van der Waals surface area contributed by atoms with Gasteiger partial charge >= 0.3 is 5.97 Å². The van der Waals surface area contributed by atoms with Gasteiger partial charge in [-0.05, 0) is 93.8 Å². The highest BCUT2D eigenvalue weighted by Crippen LogP contribution is 2.48. The number of nitrogens with zero attached hydrogens (tertiary/aromatic N) is 1. The molecule has 11 heteroatoms. The van der Waals surface area contributed by atoms with Gasteiger partial charge < -0.3 is 39.4 Å². The fourth-order valence-corrected chi connectivity index (χ4v) is 7.29. The van der Waals surface area contributed by atoms with Crippen LogP contribution < -0.4 is 19.5 Å². The molecule has 3 fully saturated rings. The number of hydrogen-bond donors (Lipinski definition) is 3. The molecule has 0 aromatic heterocycles. The third-order valence-electron chi connectivity index (χ3n) is 9.88. The molecular weight excluding hydrogens is 616 g/mol.